The number of rotatable bonds is 2. The van der Waals surface area contributed by atoms with Crippen LogP contribution in [-0.4, -0.2) is 11.9 Å². The summed E-state index contributed by atoms with van der Waals surface area (Å²) >= 11 is 1.59. The van der Waals surface area contributed by atoms with Gasteiger partial charge in [0.05, 0.1) is 5.00 Å². The summed E-state index contributed by atoms with van der Waals surface area (Å²) in [5.41, 5.74) is 6.97. The van der Waals surface area contributed by atoms with Crippen molar-refractivity contribution in [2.24, 2.45) is 11.7 Å². The van der Waals surface area contributed by atoms with Crippen LogP contribution in [0.5, 0.6) is 0 Å². The Morgan fingerprint density at radius 1 is 1.44 bits per heavy atom. The fourth-order valence-corrected chi connectivity index (χ4v) is 2.92. The number of amides is 1. The lowest BCUT2D eigenvalue weighted by Gasteiger charge is -2.24. The Balaban J connectivity index is 1.91. The minimum Gasteiger partial charge on any atom is -0.328 e. The molecule has 0 atom stereocenters. The summed E-state index contributed by atoms with van der Waals surface area (Å²) in [5.74, 6) is 0.318. The van der Waals surface area contributed by atoms with Crippen LogP contribution in [0.4, 0.5) is 5.00 Å². The largest absolute Gasteiger partial charge is 0.328 e. The van der Waals surface area contributed by atoms with E-state index in [2.05, 4.69) is 5.32 Å². The number of carbonyl (C=O) groups excluding carboxylic acids is 1. The molecule has 2 rings (SSSR count). The molecule has 0 saturated heterocycles. The van der Waals surface area contributed by atoms with Crippen LogP contribution in [0.25, 0.3) is 0 Å². The average molecular weight is 238 g/mol. The van der Waals surface area contributed by atoms with E-state index < -0.39 is 0 Å². The zero-order chi connectivity index (χ0) is 11.5. The van der Waals surface area contributed by atoms with E-state index in [0.717, 1.165) is 36.2 Å². The molecule has 0 aliphatic heterocycles. The fraction of sp³-hybridized carbons (Fsp3) is 0.583. The lowest BCUT2D eigenvalue weighted by Crippen LogP contribution is -2.32. The van der Waals surface area contributed by atoms with Crippen LogP contribution in [0.3, 0.4) is 0 Å². The van der Waals surface area contributed by atoms with Crippen LogP contribution >= 0.6 is 11.3 Å². The van der Waals surface area contributed by atoms with Crippen LogP contribution in [0.1, 0.15) is 31.2 Å². The summed E-state index contributed by atoms with van der Waals surface area (Å²) in [7, 11) is 0. The van der Waals surface area contributed by atoms with Gasteiger partial charge in [-0.15, -0.1) is 11.3 Å². The van der Waals surface area contributed by atoms with Gasteiger partial charge in [-0.3, -0.25) is 4.79 Å². The maximum Gasteiger partial charge on any atom is 0.228 e. The van der Waals surface area contributed by atoms with Gasteiger partial charge < -0.3 is 11.1 Å². The zero-order valence-corrected chi connectivity index (χ0v) is 10.3. The molecule has 0 aromatic carbocycles. The predicted octanol–water partition coefficient (Wildman–Crippen LogP) is 2.51. The third-order valence-corrected chi connectivity index (χ3v) is 4.17. The van der Waals surface area contributed by atoms with Gasteiger partial charge in [-0.1, -0.05) is 0 Å². The van der Waals surface area contributed by atoms with E-state index in [1.165, 1.54) is 0 Å². The zero-order valence-electron chi connectivity index (χ0n) is 9.53. The van der Waals surface area contributed by atoms with Crippen molar-refractivity contribution in [1.29, 1.82) is 0 Å². The highest BCUT2D eigenvalue weighted by Gasteiger charge is 2.24. The van der Waals surface area contributed by atoms with Gasteiger partial charge in [-0.05, 0) is 49.6 Å². The normalized spacial score (nSPS) is 25.4. The van der Waals surface area contributed by atoms with Gasteiger partial charge in [-0.2, -0.15) is 0 Å². The van der Waals surface area contributed by atoms with Gasteiger partial charge in [0.2, 0.25) is 5.91 Å². The maximum absolute atomic E-state index is 12.0. The van der Waals surface area contributed by atoms with E-state index in [4.69, 9.17) is 5.73 Å². The van der Waals surface area contributed by atoms with Gasteiger partial charge in [0, 0.05) is 12.0 Å². The van der Waals surface area contributed by atoms with E-state index in [1.54, 1.807) is 11.3 Å². The second-order valence-electron chi connectivity index (χ2n) is 4.53. The Morgan fingerprint density at radius 3 is 2.69 bits per heavy atom. The second kappa shape index (κ2) is 4.97. The number of hydrogen-bond donors (Lipinski definition) is 2. The standard InChI is InChI=1S/C12H18N2OS/c1-8-6-7-16-12(8)14-11(15)9-2-4-10(13)5-3-9/h6-7,9-10H,2-5,13H2,1H3,(H,14,15). The van der Waals surface area contributed by atoms with Gasteiger partial charge in [0.1, 0.15) is 0 Å². The van der Waals surface area contributed by atoms with E-state index in [1.807, 2.05) is 18.4 Å². The quantitative estimate of drug-likeness (QED) is 0.831. The molecular formula is C12H18N2OS. The molecule has 1 aromatic heterocycles. The highest BCUT2D eigenvalue weighted by Crippen LogP contribution is 2.27. The van der Waals surface area contributed by atoms with Crippen molar-refractivity contribution in [3.63, 3.8) is 0 Å². The number of hydrogen-bond acceptors (Lipinski definition) is 3. The van der Waals surface area contributed by atoms with Gasteiger partial charge in [-0.25, -0.2) is 0 Å². The molecule has 0 bridgehead atoms. The van der Waals surface area contributed by atoms with Crippen molar-refractivity contribution >= 4 is 22.2 Å². The predicted molar refractivity (Wildman–Crippen MR) is 67.6 cm³/mol. The lowest BCUT2D eigenvalue weighted by molar-refractivity contribution is -0.120. The van der Waals surface area contributed by atoms with Crippen molar-refractivity contribution in [3.05, 3.63) is 17.0 Å². The summed E-state index contributed by atoms with van der Waals surface area (Å²) in [4.78, 5) is 12.0. The van der Waals surface area contributed by atoms with Crippen molar-refractivity contribution in [2.75, 3.05) is 5.32 Å². The SMILES string of the molecule is Cc1ccsc1NC(=O)C1CCC(N)CC1. The molecule has 3 N–H and O–H groups in total. The minimum atomic E-state index is 0.154. The number of aryl methyl sites for hydroxylation is 1. The Labute approximate surface area is 100 Å². The molecule has 88 valence electrons. The molecule has 1 aliphatic rings. The third-order valence-electron chi connectivity index (χ3n) is 3.24. The molecule has 1 aromatic rings. The molecule has 0 unspecified atom stereocenters. The molecule has 3 nitrogen and oxygen atoms in total. The monoisotopic (exact) mass is 238 g/mol. The Hall–Kier alpha value is -0.870. The summed E-state index contributed by atoms with van der Waals surface area (Å²) in [5, 5.41) is 6.00. The number of nitrogens with one attached hydrogen (secondary N) is 1. The molecule has 1 heterocycles. The number of nitrogens with two attached hydrogens (primary N) is 1. The van der Waals surface area contributed by atoms with Gasteiger partial charge >= 0.3 is 0 Å². The first-order valence-corrected chi connectivity index (χ1v) is 6.65. The number of carbonyl (C=O) groups is 1. The minimum absolute atomic E-state index is 0.154. The third kappa shape index (κ3) is 2.62. The van der Waals surface area contributed by atoms with Crippen LogP contribution in [0.15, 0.2) is 11.4 Å². The van der Waals surface area contributed by atoms with Crippen molar-refractivity contribution in [3.8, 4) is 0 Å². The molecule has 1 fully saturated rings. The molecule has 1 amide bonds. The van der Waals surface area contributed by atoms with Crippen molar-refractivity contribution in [1.82, 2.24) is 0 Å². The second-order valence-corrected chi connectivity index (χ2v) is 5.45. The molecule has 0 radical (unpaired) electrons. The average Bonchev–Trinajstić information content (AvgIpc) is 2.65. The van der Waals surface area contributed by atoms with E-state index in [9.17, 15) is 4.79 Å². The first kappa shape index (κ1) is 11.6. The van der Waals surface area contributed by atoms with Crippen molar-refractivity contribution < 1.29 is 4.79 Å². The summed E-state index contributed by atoms with van der Waals surface area (Å²) in [6.45, 7) is 2.02. The lowest BCUT2D eigenvalue weighted by atomic mass is 9.86. The summed E-state index contributed by atoms with van der Waals surface area (Å²) in [6.07, 6.45) is 3.80. The molecular weight excluding hydrogens is 220 g/mol. The van der Waals surface area contributed by atoms with E-state index in [-0.39, 0.29) is 11.8 Å². The molecule has 4 heteroatoms. The van der Waals surface area contributed by atoms with Gasteiger partial charge in [0.25, 0.3) is 0 Å². The van der Waals surface area contributed by atoms with Crippen LogP contribution in [-0.2, 0) is 4.79 Å². The van der Waals surface area contributed by atoms with Crippen LogP contribution in [0, 0.1) is 12.8 Å². The Morgan fingerprint density at radius 2 is 2.12 bits per heavy atom. The first-order valence-electron chi connectivity index (χ1n) is 5.77. The van der Waals surface area contributed by atoms with E-state index in [0.29, 0.717) is 6.04 Å². The van der Waals surface area contributed by atoms with E-state index >= 15 is 0 Å². The highest BCUT2D eigenvalue weighted by atomic mass is 32.1. The smallest absolute Gasteiger partial charge is 0.228 e. The molecule has 1 aliphatic carbocycles. The molecule has 1 saturated carbocycles. The molecule has 0 spiro atoms. The molecule has 16 heavy (non-hydrogen) atoms. The number of thiophene rings is 1. The highest BCUT2D eigenvalue weighted by molar-refractivity contribution is 7.14. The Kier molecular flexibility index (Phi) is 3.61. The topological polar surface area (TPSA) is 55.1 Å². The maximum atomic E-state index is 12.0. The first-order chi connectivity index (χ1) is 7.66. The summed E-state index contributed by atoms with van der Waals surface area (Å²) in [6, 6.07) is 2.32. The van der Waals surface area contributed by atoms with Crippen LogP contribution < -0.4 is 11.1 Å². The fourth-order valence-electron chi connectivity index (χ4n) is 2.10. The van der Waals surface area contributed by atoms with Gasteiger partial charge in [0.15, 0.2) is 0 Å². The van der Waals surface area contributed by atoms with Crippen LogP contribution in [0.2, 0.25) is 0 Å². The number of anilines is 1. The summed E-state index contributed by atoms with van der Waals surface area (Å²) < 4.78 is 0. The Bertz CT molecular complexity index is 367. The van der Waals surface area contributed by atoms with Crippen molar-refractivity contribution in [2.45, 2.75) is 38.6 Å².